The van der Waals surface area contributed by atoms with E-state index in [2.05, 4.69) is 107 Å². The summed E-state index contributed by atoms with van der Waals surface area (Å²) in [6.07, 6.45) is 3.17. The van der Waals surface area contributed by atoms with Crippen molar-refractivity contribution in [3.8, 4) is 0 Å². The van der Waals surface area contributed by atoms with Crippen LogP contribution in [0.2, 0.25) is 0 Å². The van der Waals surface area contributed by atoms with Gasteiger partial charge < -0.3 is 5.11 Å². The zero-order valence-corrected chi connectivity index (χ0v) is 26.1. The van der Waals surface area contributed by atoms with Crippen molar-refractivity contribution >= 4 is 82.7 Å². The molecule has 8 nitrogen and oxygen atoms in total. The fourth-order valence-corrected chi connectivity index (χ4v) is 5.72. The van der Waals surface area contributed by atoms with Crippen LogP contribution in [0.15, 0.2) is 109 Å². The largest absolute Gasteiger partial charge is 0.475 e. The maximum absolute atomic E-state index is 10.1. The minimum absolute atomic E-state index is 0.428. The second-order valence-electron chi connectivity index (χ2n) is 11.2. The number of carbonyl (C=O) groups is 3. The van der Waals surface area contributed by atoms with Crippen LogP contribution in [0.4, 0.5) is 0 Å². The molecule has 2 heterocycles. The molecule has 0 spiro atoms. The summed E-state index contributed by atoms with van der Waals surface area (Å²) in [5, 5.41) is 17.6. The standard InChI is InChI=1S/2C17H12N2.C5H6O4/c2*1-11-10-18-16-14-8-4-2-6-12(14)13-7-3-5-9-15(13)17(16)19-11;1-3(6)2-4(7)5(8)9/h2*2-10H,1H3;2H2,1H3,(H,8,9). The van der Waals surface area contributed by atoms with E-state index in [0.717, 1.165) is 33.5 Å². The van der Waals surface area contributed by atoms with Gasteiger partial charge in [0.2, 0.25) is 5.78 Å². The number of Topliss-reactive ketones (excluding diaryl/α,β-unsaturated/α-hetero) is 2. The smallest absolute Gasteiger partial charge is 0.372 e. The minimum Gasteiger partial charge on any atom is -0.475 e. The fraction of sp³-hybridized carbons (Fsp3) is 0.103. The Balaban J connectivity index is 0.000000132. The molecule has 47 heavy (non-hydrogen) atoms. The molecule has 0 aliphatic rings. The van der Waals surface area contributed by atoms with Gasteiger partial charge in [0.05, 0.1) is 39.9 Å². The number of benzene rings is 6. The van der Waals surface area contributed by atoms with Crippen molar-refractivity contribution in [3.63, 3.8) is 0 Å². The highest BCUT2D eigenvalue weighted by Gasteiger charge is 2.13. The highest BCUT2D eigenvalue weighted by molar-refractivity contribution is 6.36. The average Bonchev–Trinajstić information content (AvgIpc) is 3.09. The number of aryl methyl sites for hydroxylation is 2. The van der Waals surface area contributed by atoms with Crippen LogP contribution in [0.3, 0.4) is 0 Å². The van der Waals surface area contributed by atoms with E-state index in [9.17, 15) is 14.4 Å². The van der Waals surface area contributed by atoms with E-state index >= 15 is 0 Å². The summed E-state index contributed by atoms with van der Waals surface area (Å²) in [6.45, 7) is 5.13. The molecule has 6 aromatic carbocycles. The van der Waals surface area contributed by atoms with E-state index in [1.807, 2.05) is 26.2 Å². The van der Waals surface area contributed by atoms with Crippen molar-refractivity contribution in [2.45, 2.75) is 27.2 Å². The molecule has 0 saturated carbocycles. The van der Waals surface area contributed by atoms with Crippen molar-refractivity contribution in [3.05, 3.63) is 121 Å². The number of carboxylic acid groups (broad SMARTS) is 1. The summed E-state index contributed by atoms with van der Waals surface area (Å²) < 4.78 is 0. The van der Waals surface area contributed by atoms with Crippen LogP contribution in [-0.4, -0.2) is 42.6 Å². The van der Waals surface area contributed by atoms with E-state index in [1.54, 1.807) is 0 Å². The monoisotopic (exact) mass is 618 g/mol. The van der Waals surface area contributed by atoms with Gasteiger partial charge in [0.15, 0.2) is 0 Å². The average molecular weight is 619 g/mol. The van der Waals surface area contributed by atoms with Gasteiger partial charge in [0.25, 0.3) is 0 Å². The van der Waals surface area contributed by atoms with Crippen LogP contribution in [0, 0.1) is 13.8 Å². The zero-order chi connectivity index (χ0) is 33.1. The summed E-state index contributed by atoms with van der Waals surface area (Å²) in [6, 6.07) is 33.6. The van der Waals surface area contributed by atoms with Gasteiger partial charge in [0, 0.05) is 33.9 Å². The lowest BCUT2D eigenvalue weighted by atomic mass is 9.99. The number of hydrogen-bond donors (Lipinski definition) is 1. The van der Waals surface area contributed by atoms with E-state index in [4.69, 9.17) is 15.1 Å². The number of aliphatic carboxylic acids is 1. The maximum Gasteiger partial charge on any atom is 0.372 e. The Morgan fingerprint density at radius 1 is 0.511 bits per heavy atom. The Labute approximate surface area is 269 Å². The lowest BCUT2D eigenvalue weighted by Gasteiger charge is -2.08. The van der Waals surface area contributed by atoms with Gasteiger partial charge in [-0.15, -0.1) is 0 Å². The first-order valence-corrected chi connectivity index (χ1v) is 15.0. The molecule has 2 aromatic heterocycles. The van der Waals surface area contributed by atoms with Gasteiger partial charge in [-0.2, -0.15) is 0 Å². The van der Waals surface area contributed by atoms with Crippen molar-refractivity contribution in [2.75, 3.05) is 0 Å². The van der Waals surface area contributed by atoms with Gasteiger partial charge in [-0.25, -0.2) is 14.8 Å². The van der Waals surface area contributed by atoms with Gasteiger partial charge in [-0.05, 0) is 42.3 Å². The molecule has 8 rings (SSSR count). The molecule has 230 valence electrons. The number of carbonyl (C=O) groups excluding carboxylic acids is 2. The second kappa shape index (κ2) is 13.1. The summed E-state index contributed by atoms with van der Waals surface area (Å²) in [4.78, 5) is 48.5. The van der Waals surface area contributed by atoms with Crippen molar-refractivity contribution in [1.82, 2.24) is 19.9 Å². The number of rotatable bonds is 3. The summed E-state index contributed by atoms with van der Waals surface area (Å²) >= 11 is 0. The van der Waals surface area contributed by atoms with Crippen molar-refractivity contribution in [2.24, 2.45) is 0 Å². The Bertz CT molecular complexity index is 2280. The molecule has 0 bridgehead atoms. The third-order valence-electron chi connectivity index (χ3n) is 7.74. The molecule has 0 saturated heterocycles. The molecule has 0 unspecified atom stereocenters. The number of hydrogen-bond acceptors (Lipinski definition) is 7. The minimum atomic E-state index is -1.55. The van der Waals surface area contributed by atoms with Crippen LogP contribution < -0.4 is 0 Å². The molecule has 0 radical (unpaired) electrons. The molecule has 0 amide bonds. The van der Waals surface area contributed by atoms with Crippen LogP contribution in [-0.2, 0) is 14.4 Å². The molecule has 8 aromatic rings. The first-order chi connectivity index (χ1) is 22.7. The Hall–Kier alpha value is -6.15. The maximum atomic E-state index is 10.1. The molecular formula is C39H30N4O4. The molecule has 0 atom stereocenters. The number of ketones is 2. The van der Waals surface area contributed by atoms with Crippen LogP contribution >= 0.6 is 0 Å². The van der Waals surface area contributed by atoms with Crippen LogP contribution in [0.25, 0.3) is 65.2 Å². The Kier molecular flexibility index (Phi) is 8.58. The molecule has 0 aliphatic heterocycles. The van der Waals surface area contributed by atoms with Crippen molar-refractivity contribution < 1.29 is 19.5 Å². The first-order valence-electron chi connectivity index (χ1n) is 15.0. The number of fused-ring (bicyclic) bond motifs is 12. The third-order valence-corrected chi connectivity index (χ3v) is 7.74. The third kappa shape index (κ3) is 6.21. The summed E-state index contributed by atoms with van der Waals surface area (Å²) in [5.74, 6) is -3.03. The summed E-state index contributed by atoms with van der Waals surface area (Å²) in [7, 11) is 0. The highest BCUT2D eigenvalue weighted by Crippen LogP contribution is 2.33. The highest BCUT2D eigenvalue weighted by atomic mass is 16.4. The van der Waals surface area contributed by atoms with E-state index < -0.39 is 24.0 Å². The van der Waals surface area contributed by atoms with E-state index in [0.29, 0.717) is 0 Å². The Morgan fingerprint density at radius 3 is 1.09 bits per heavy atom. The number of nitrogens with zero attached hydrogens (tertiary/aromatic N) is 4. The first kappa shape index (κ1) is 30.9. The molecular weight excluding hydrogens is 588 g/mol. The number of aromatic nitrogens is 4. The molecule has 0 aliphatic carbocycles. The predicted molar refractivity (Wildman–Crippen MR) is 187 cm³/mol. The van der Waals surface area contributed by atoms with Gasteiger partial charge in [-0.1, -0.05) is 97.1 Å². The molecule has 0 fully saturated rings. The number of carboxylic acids is 1. The van der Waals surface area contributed by atoms with Gasteiger partial charge >= 0.3 is 5.97 Å². The fourth-order valence-electron chi connectivity index (χ4n) is 5.72. The van der Waals surface area contributed by atoms with Gasteiger partial charge in [0.1, 0.15) is 5.78 Å². The Morgan fingerprint density at radius 2 is 0.809 bits per heavy atom. The topological polar surface area (TPSA) is 123 Å². The van der Waals surface area contributed by atoms with Crippen LogP contribution in [0.5, 0.6) is 0 Å². The second-order valence-corrected chi connectivity index (χ2v) is 11.2. The van der Waals surface area contributed by atoms with Crippen LogP contribution in [0.1, 0.15) is 24.7 Å². The van der Waals surface area contributed by atoms with E-state index in [-0.39, 0.29) is 0 Å². The molecule has 8 heteroatoms. The molecule has 1 N–H and O–H groups in total. The lowest BCUT2D eigenvalue weighted by molar-refractivity contribution is -0.150. The van der Waals surface area contributed by atoms with Crippen molar-refractivity contribution in [1.29, 1.82) is 0 Å². The summed E-state index contributed by atoms with van der Waals surface area (Å²) in [5.41, 5.74) is 5.87. The lowest BCUT2D eigenvalue weighted by Crippen LogP contribution is -2.15. The zero-order valence-electron chi connectivity index (χ0n) is 26.1. The quantitative estimate of drug-likeness (QED) is 0.120. The normalized spacial score (nSPS) is 10.9. The SMILES string of the molecule is CC(=O)CC(=O)C(=O)O.Cc1cnc2c3ccccc3c3ccccc3c2n1.Cc1cnc2c3ccccc3c3ccccc3c2n1. The van der Waals surface area contributed by atoms with E-state index in [1.165, 1.54) is 50.0 Å². The predicted octanol–water partition coefficient (Wildman–Crippen LogP) is 8.11. The van der Waals surface area contributed by atoms with Gasteiger partial charge in [-0.3, -0.25) is 19.6 Å².